The minimum absolute atomic E-state index is 0.0312. The standard InChI is InChI=1S/C10H17NO2S2/c1-3-11-9(8-15(2,12)13)7-10-5-4-6-14-10/h4-6,9,11H,3,7-8H2,1-2H3. The number of hydrogen-bond donors (Lipinski definition) is 1. The molecule has 0 aliphatic rings. The Morgan fingerprint density at radius 3 is 2.73 bits per heavy atom. The van der Waals surface area contributed by atoms with Crippen molar-refractivity contribution in [2.45, 2.75) is 19.4 Å². The molecule has 0 amide bonds. The molecule has 5 heteroatoms. The van der Waals surface area contributed by atoms with Crippen molar-refractivity contribution in [1.29, 1.82) is 0 Å². The molecular weight excluding hydrogens is 230 g/mol. The van der Waals surface area contributed by atoms with Gasteiger partial charge in [0.2, 0.25) is 0 Å². The summed E-state index contributed by atoms with van der Waals surface area (Å²) in [6, 6.07) is 4.06. The van der Waals surface area contributed by atoms with Gasteiger partial charge < -0.3 is 5.32 Å². The molecule has 1 rings (SSSR count). The Kier molecular flexibility index (Phi) is 4.76. The molecule has 0 bridgehead atoms. The summed E-state index contributed by atoms with van der Waals surface area (Å²) in [4.78, 5) is 1.23. The lowest BCUT2D eigenvalue weighted by Gasteiger charge is -2.15. The van der Waals surface area contributed by atoms with Crippen LogP contribution in [-0.4, -0.2) is 33.0 Å². The number of hydrogen-bond acceptors (Lipinski definition) is 4. The molecule has 0 saturated heterocycles. The zero-order chi connectivity index (χ0) is 11.3. The molecule has 1 atom stereocenters. The zero-order valence-electron chi connectivity index (χ0n) is 9.06. The highest BCUT2D eigenvalue weighted by atomic mass is 32.2. The minimum Gasteiger partial charge on any atom is -0.313 e. The predicted octanol–water partition coefficient (Wildman–Crippen LogP) is 1.31. The Morgan fingerprint density at radius 1 is 1.53 bits per heavy atom. The summed E-state index contributed by atoms with van der Waals surface area (Å²) in [6.07, 6.45) is 2.07. The van der Waals surface area contributed by atoms with Gasteiger partial charge in [-0.2, -0.15) is 0 Å². The van der Waals surface area contributed by atoms with E-state index in [1.165, 1.54) is 11.1 Å². The Morgan fingerprint density at radius 2 is 2.27 bits per heavy atom. The maximum atomic E-state index is 11.2. The molecule has 0 aliphatic carbocycles. The molecule has 0 saturated carbocycles. The van der Waals surface area contributed by atoms with E-state index < -0.39 is 9.84 Å². The summed E-state index contributed by atoms with van der Waals surface area (Å²) in [7, 11) is -2.91. The van der Waals surface area contributed by atoms with Gasteiger partial charge in [-0.05, 0) is 24.4 Å². The first-order chi connectivity index (χ1) is 7.01. The third-order valence-electron chi connectivity index (χ3n) is 2.02. The van der Waals surface area contributed by atoms with Crippen molar-refractivity contribution in [3.63, 3.8) is 0 Å². The lowest BCUT2D eigenvalue weighted by Crippen LogP contribution is -2.36. The smallest absolute Gasteiger partial charge is 0.148 e. The molecule has 1 unspecified atom stereocenters. The third-order valence-corrected chi connectivity index (χ3v) is 3.93. The molecule has 0 aliphatic heterocycles. The van der Waals surface area contributed by atoms with Gasteiger partial charge in [0.25, 0.3) is 0 Å². The van der Waals surface area contributed by atoms with E-state index >= 15 is 0 Å². The first-order valence-electron chi connectivity index (χ1n) is 4.94. The van der Waals surface area contributed by atoms with Crippen LogP contribution in [0.1, 0.15) is 11.8 Å². The molecule has 1 N–H and O–H groups in total. The van der Waals surface area contributed by atoms with Crippen molar-refractivity contribution in [3.05, 3.63) is 22.4 Å². The fourth-order valence-corrected chi connectivity index (χ4v) is 3.27. The molecule has 1 aromatic heterocycles. The fourth-order valence-electron chi connectivity index (χ4n) is 1.52. The van der Waals surface area contributed by atoms with Gasteiger partial charge >= 0.3 is 0 Å². The Bertz CT molecular complexity index is 370. The second-order valence-electron chi connectivity index (χ2n) is 3.63. The van der Waals surface area contributed by atoms with Gasteiger partial charge in [-0.3, -0.25) is 0 Å². The first-order valence-corrected chi connectivity index (χ1v) is 7.88. The Hall–Kier alpha value is -0.390. The van der Waals surface area contributed by atoms with E-state index in [1.807, 2.05) is 24.4 Å². The van der Waals surface area contributed by atoms with E-state index in [1.54, 1.807) is 11.3 Å². The van der Waals surface area contributed by atoms with Crippen molar-refractivity contribution >= 4 is 21.2 Å². The van der Waals surface area contributed by atoms with Crippen LogP contribution in [0.5, 0.6) is 0 Å². The Labute approximate surface area is 95.4 Å². The number of nitrogens with one attached hydrogen (secondary N) is 1. The van der Waals surface area contributed by atoms with Crippen LogP contribution in [0.25, 0.3) is 0 Å². The van der Waals surface area contributed by atoms with Crippen LogP contribution in [0.2, 0.25) is 0 Å². The maximum Gasteiger partial charge on any atom is 0.148 e. The van der Waals surface area contributed by atoms with Crippen LogP contribution in [0.4, 0.5) is 0 Å². The van der Waals surface area contributed by atoms with Gasteiger partial charge in [0.15, 0.2) is 0 Å². The van der Waals surface area contributed by atoms with Crippen LogP contribution >= 0.6 is 11.3 Å². The summed E-state index contributed by atoms with van der Waals surface area (Å²) >= 11 is 1.67. The van der Waals surface area contributed by atoms with Crippen LogP contribution in [0.3, 0.4) is 0 Å². The third kappa shape index (κ3) is 5.30. The summed E-state index contributed by atoms with van der Waals surface area (Å²) in [5.74, 6) is 0.207. The molecule has 0 spiro atoms. The Balaban J connectivity index is 2.58. The summed E-state index contributed by atoms with van der Waals surface area (Å²) in [6.45, 7) is 2.79. The van der Waals surface area contributed by atoms with E-state index in [9.17, 15) is 8.42 Å². The van der Waals surface area contributed by atoms with E-state index in [2.05, 4.69) is 5.32 Å². The van der Waals surface area contributed by atoms with Gasteiger partial charge in [-0.25, -0.2) is 8.42 Å². The van der Waals surface area contributed by atoms with Crippen molar-refractivity contribution in [1.82, 2.24) is 5.32 Å². The average Bonchev–Trinajstić information content (AvgIpc) is 2.54. The topological polar surface area (TPSA) is 46.2 Å². The second kappa shape index (κ2) is 5.63. The van der Waals surface area contributed by atoms with Crippen molar-refractivity contribution in [2.24, 2.45) is 0 Å². The van der Waals surface area contributed by atoms with Crippen LogP contribution in [0.15, 0.2) is 17.5 Å². The van der Waals surface area contributed by atoms with Gasteiger partial charge in [0.05, 0.1) is 5.75 Å². The fraction of sp³-hybridized carbons (Fsp3) is 0.600. The summed E-state index contributed by atoms with van der Waals surface area (Å²) in [5.41, 5.74) is 0. The lowest BCUT2D eigenvalue weighted by molar-refractivity contribution is 0.547. The maximum absolute atomic E-state index is 11.2. The lowest BCUT2D eigenvalue weighted by atomic mass is 10.2. The number of rotatable bonds is 6. The van der Waals surface area contributed by atoms with E-state index in [0.717, 1.165) is 13.0 Å². The second-order valence-corrected chi connectivity index (χ2v) is 6.85. The summed E-state index contributed by atoms with van der Waals surface area (Å²) in [5, 5.41) is 5.22. The molecule has 15 heavy (non-hydrogen) atoms. The molecule has 1 heterocycles. The van der Waals surface area contributed by atoms with Gasteiger partial charge in [0, 0.05) is 17.2 Å². The minimum atomic E-state index is -2.91. The first kappa shape index (κ1) is 12.7. The molecular formula is C10H17NO2S2. The van der Waals surface area contributed by atoms with E-state index in [0.29, 0.717) is 0 Å². The largest absolute Gasteiger partial charge is 0.313 e. The van der Waals surface area contributed by atoms with E-state index in [-0.39, 0.29) is 11.8 Å². The van der Waals surface area contributed by atoms with Crippen molar-refractivity contribution in [2.75, 3.05) is 18.6 Å². The van der Waals surface area contributed by atoms with Crippen molar-refractivity contribution < 1.29 is 8.42 Å². The molecule has 86 valence electrons. The zero-order valence-corrected chi connectivity index (χ0v) is 10.7. The molecule has 0 aromatic carbocycles. The normalized spacial score (nSPS) is 14.0. The SMILES string of the molecule is CCNC(Cc1cccs1)CS(C)(=O)=O. The molecule has 3 nitrogen and oxygen atoms in total. The van der Waals surface area contributed by atoms with Gasteiger partial charge in [0.1, 0.15) is 9.84 Å². The van der Waals surface area contributed by atoms with Crippen molar-refractivity contribution in [3.8, 4) is 0 Å². The highest BCUT2D eigenvalue weighted by Gasteiger charge is 2.15. The number of likely N-dealkylation sites (N-methyl/N-ethyl adjacent to an activating group) is 1. The van der Waals surface area contributed by atoms with Crippen LogP contribution in [-0.2, 0) is 16.3 Å². The highest BCUT2D eigenvalue weighted by molar-refractivity contribution is 7.90. The number of sulfone groups is 1. The van der Waals surface area contributed by atoms with Gasteiger partial charge in [-0.1, -0.05) is 13.0 Å². The number of thiophene rings is 1. The predicted molar refractivity (Wildman–Crippen MR) is 65.2 cm³/mol. The molecule has 1 aromatic rings. The quantitative estimate of drug-likeness (QED) is 0.824. The average molecular weight is 247 g/mol. The van der Waals surface area contributed by atoms with Crippen LogP contribution < -0.4 is 5.32 Å². The van der Waals surface area contributed by atoms with Crippen LogP contribution in [0, 0.1) is 0 Å². The highest BCUT2D eigenvalue weighted by Crippen LogP contribution is 2.11. The monoisotopic (exact) mass is 247 g/mol. The molecule has 0 radical (unpaired) electrons. The molecule has 0 fully saturated rings. The summed E-state index contributed by atoms with van der Waals surface area (Å²) < 4.78 is 22.4. The van der Waals surface area contributed by atoms with Gasteiger partial charge in [-0.15, -0.1) is 11.3 Å². The van der Waals surface area contributed by atoms with E-state index in [4.69, 9.17) is 0 Å².